The topological polar surface area (TPSA) is 58.8 Å². The smallest absolute Gasteiger partial charge is 0.293 e. The fraction of sp³-hybridized carbons (Fsp3) is 0.571. The predicted molar refractivity (Wildman–Crippen MR) is 85.9 cm³/mol. The summed E-state index contributed by atoms with van der Waals surface area (Å²) in [5.74, 6) is -0.489. The van der Waals surface area contributed by atoms with Gasteiger partial charge in [-0.1, -0.05) is 0 Å². The molecule has 22 heavy (non-hydrogen) atoms. The zero-order valence-corrected chi connectivity index (χ0v) is 14.2. The Balaban J connectivity index is 2.16. The molecule has 1 aliphatic heterocycles. The third-order valence-electron chi connectivity index (χ3n) is 3.99. The highest BCUT2D eigenvalue weighted by molar-refractivity contribution is 9.10. The van der Waals surface area contributed by atoms with Gasteiger partial charge in [-0.25, -0.2) is 4.39 Å². The van der Waals surface area contributed by atoms with E-state index in [1.54, 1.807) is 7.11 Å². The monoisotopic (exact) mass is 375 g/mol. The van der Waals surface area contributed by atoms with E-state index < -0.39 is 10.7 Å². The lowest BCUT2D eigenvalue weighted by atomic mass is 10.2. The van der Waals surface area contributed by atoms with Gasteiger partial charge in [0.15, 0.2) is 0 Å². The van der Waals surface area contributed by atoms with Crippen LogP contribution >= 0.6 is 15.9 Å². The second-order valence-electron chi connectivity index (χ2n) is 5.37. The Kier molecular flexibility index (Phi) is 5.71. The van der Waals surface area contributed by atoms with E-state index in [2.05, 4.69) is 20.8 Å². The summed E-state index contributed by atoms with van der Waals surface area (Å²) < 4.78 is 18.9. The number of likely N-dealkylation sites (N-methyl/N-ethyl adjacent to an activating group) is 1. The highest BCUT2D eigenvalue weighted by atomic mass is 79.9. The van der Waals surface area contributed by atoms with Crippen molar-refractivity contribution in [2.45, 2.75) is 12.5 Å². The minimum atomic E-state index is -0.489. The fourth-order valence-corrected chi connectivity index (χ4v) is 2.99. The van der Waals surface area contributed by atoms with Crippen molar-refractivity contribution in [1.29, 1.82) is 0 Å². The van der Waals surface area contributed by atoms with E-state index in [-0.39, 0.29) is 16.2 Å². The molecule has 0 radical (unpaired) electrons. The molecule has 1 unspecified atom stereocenters. The first-order chi connectivity index (χ1) is 10.4. The molecule has 1 aromatic carbocycles. The Morgan fingerprint density at radius 1 is 1.59 bits per heavy atom. The van der Waals surface area contributed by atoms with Crippen LogP contribution in [0.15, 0.2) is 16.6 Å². The summed E-state index contributed by atoms with van der Waals surface area (Å²) >= 11 is 3.00. The Labute approximate surface area is 137 Å². The number of rotatable bonds is 6. The standard InChI is InChI=1S/C14H19BrFN3O3/c1-17(5-6-22-2)10-3-4-18(9-10)13-8-12(16)11(15)7-14(13)19(20)21/h7-8,10H,3-6,9H2,1-2H3. The van der Waals surface area contributed by atoms with Crippen LogP contribution in [-0.2, 0) is 4.74 Å². The van der Waals surface area contributed by atoms with Crippen molar-refractivity contribution in [2.75, 3.05) is 45.3 Å². The van der Waals surface area contributed by atoms with Crippen LogP contribution in [0, 0.1) is 15.9 Å². The van der Waals surface area contributed by atoms with E-state index in [0.717, 1.165) is 13.0 Å². The van der Waals surface area contributed by atoms with Crippen LogP contribution in [0.1, 0.15) is 6.42 Å². The third kappa shape index (κ3) is 3.74. The van der Waals surface area contributed by atoms with Crippen LogP contribution in [0.25, 0.3) is 0 Å². The molecular weight excluding hydrogens is 357 g/mol. The van der Waals surface area contributed by atoms with E-state index in [4.69, 9.17) is 4.74 Å². The molecular formula is C14H19BrFN3O3. The van der Waals surface area contributed by atoms with Crippen LogP contribution in [0.3, 0.4) is 0 Å². The molecule has 1 aromatic rings. The van der Waals surface area contributed by atoms with Crippen LogP contribution in [-0.4, -0.2) is 56.3 Å². The first-order valence-corrected chi connectivity index (χ1v) is 7.81. The molecule has 0 saturated carbocycles. The fourth-order valence-electron chi connectivity index (χ4n) is 2.66. The molecule has 0 aliphatic carbocycles. The van der Waals surface area contributed by atoms with E-state index in [0.29, 0.717) is 25.4 Å². The van der Waals surface area contributed by atoms with Gasteiger partial charge in [-0.15, -0.1) is 0 Å². The number of nitro groups is 1. The largest absolute Gasteiger partial charge is 0.383 e. The van der Waals surface area contributed by atoms with Crippen molar-refractivity contribution in [2.24, 2.45) is 0 Å². The molecule has 1 heterocycles. The van der Waals surface area contributed by atoms with E-state index >= 15 is 0 Å². The van der Waals surface area contributed by atoms with Crippen molar-refractivity contribution in [1.82, 2.24) is 4.90 Å². The summed E-state index contributed by atoms with van der Waals surface area (Å²) in [5.41, 5.74) is 0.266. The quantitative estimate of drug-likeness (QED) is 0.565. The van der Waals surface area contributed by atoms with Gasteiger partial charge >= 0.3 is 0 Å². The minimum Gasteiger partial charge on any atom is -0.383 e. The Morgan fingerprint density at radius 3 is 2.95 bits per heavy atom. The Bertz CT molecular complexity index is 558. The van der Waals surface area contributed by atoms with E-state index in [1.807, 2.05) is 11.9 Å². The lowest BCUT2D eigenvalue weighted by Crippen LogP contribution is -2.36. The van der Waals surface area contributed by atoms with Crippen LogP contribution < -0.4 is 4.90 Å². The van der Waals surface area contributed by atoms with E-state index in [1.165, 1.54) is 12.1 Å². The maximum Gasteiger partial charge on any atom is 0.293 e. The number of anilines is 1. The van der Waals surface area contributed by atoms with Gasteiger partial charge in [0.2, 0.25) is 0 Å². The van der Waals surface area contributed by atoms with Gasteiger partial charge in [0, 0.05) is 44.9 Å². The minimum absolute atomic E-state index is 0.0755. The van der Waals surface area contributed by atoms with Crippen LogP contribution in [0.4, 0.5) is 15.8 Å². The lowest BCUT2D eigenvalue weighted by molar-refractivity contribution is -0.384. The molecule has 8 heteroatoms. The predicted octanol–water partition coefficient (Wildman–Crippen LogP) is 2.65. The van der Waals surface area contributed by atoms with Gasteiger partial charge in [-0.2, -0.15) is 0 Å². The molecule has 1 fully saturated rings. The van der Waals surface area contributed by atoms with Crippen molar-refractivity contribution in [3.63, 3.8) is 0 Å². The molecule has 0 aromatic heterocycles. The van der Waals surface area contributed by atoms with Gasteiger partial charge in [-0.05, 0) is 29.4 Å². The van der Waals surface area contributed by atoms with Crippen molar-refractivity contribution < 1.29 is 14.1 Å². The van der Waals surface area contributed by atoms with Crippen LogP contribution in [0.2, 0.25) is 0 Å². The maximum atomic E-state index is 13.8. The van der Waals surface area contributed by atoms with Gasteiger partial charge in [0.1, 0.15) is 11.5 Å². The van der Waals surface area contributed by atoms with Gasteiger partial charge in [0.25, 0.3) is 5.69 Å². The van der Waals surface area contributed by atoms with Gasteiger partial charge in [0.05, 0.1) is 16.0 Å². The van der Waals surface area contributed by atoms with Crippen molar-refractivity contribution in [3.05, 3.63) is 32.5 Å². The molecule has 0 spiro atoms. The highest BCUT2D eigenvalue weighted by Crippen LogP contribution is 2.35. The first-order valence-electron chi connectivity index (χ1n) is 7.01. The second kappa shape index (κ2) is 7.34. The number of nitrogens with zero attached hydrogens (tertiary/aromatic N) is 3. The molecule has 6 nitrogen and oxygen atoms in total. The molecule has 2 rings (SSSR count). The number of benzene rings is 1. The molecule has 122 valence electrons. The summed E-state index contributed by atoms with van der Waals surface area (Å²) in [6.45, 7) is 2.75. The summed E-state index contributed by atoms with van der Waals surface area (Å²) in [6, 6.07) is 2.74. The van der Waals surface area contributed by atoms with Crippen molar-refractivity contribution in [3.8, 4) is 0 Å². The molecule has 1 atom stereocenters. The van der Waals surface area contributed by atoms with Crippen molar-refractivity contribution >= 4 is 27.3 Å². The number of nitro benzene ring substituents is 1. The third-order valence-corrected chi connectivity index (χ3v) is 4.60. The number of methoxy groups -OCH3 is 1. The molecule has 0 N–H and O–H groups in total. The number of hydrogen-bond donors (Lipinski definition) is 0. The summed E-state index contributed by atoms with van der Waals surface area (Å²) in [4.78, 5) is 14.8. The number of halogens is 2. The summed E-state index contributed by atoms with van der Waals surface area (Å²) in [6.07, 6.45) is 0.884. The Hall–Kier alpha value is -1.25. The average molecular weight is 376 g/mol. The van der Waals surface area contributed by atoms with E-state index in [9.17, 15) is 14.5 Å². The normalized spacial score (nSPS) is 18.2. The second-order valence-corrected chi connectivity index (χ2v) is 6.23. The first kappa shape index (κ1) is 17.1. The molecule has 0 amide bonds. The lowest BCUT2D eigenvalue weighted by Gasteiger charge is -2.25. The van der Waals surface area contributed by atoms with Gasteiger partial charge < -0.3 is 9.64 Å². The van der Waals surface area contributed by atoms with Gasteiger partial charge in [-0.3, -0.25) is 15.0 Å². The molecule has 1 saturated heterocycles. The summed E-state index contributed by atoms with van der Waals surface area (Å²) in [7, 11) is 3.66. The Morgan fingerprint density at radius 2 is 2.32 bits per heavy atom. The maximum absolute atomic E-state index is 13.8. The average Bonchev–Trinajstić information content (AvgIpc) is 2.96. The summed E-state index contributed by atoms with van der Waals surface area (Å²) in [5, 5.41) is 11.2. The molecule has 0 bridgehead atoms. The zero-order valence-electron chi connectivity index (χ0n) is 12.6. The highest BCUT2D eigenvalue weighted by Gasteiger charge is 2.30. The SMILES string of the molecule is COCCN(C)C1CCN(c2cc(F)c(Br)cc2[N+](=O)[O-])C1. The number of ether oxygens (including phenoxy) is 1. The van der Waals surface area contributed by atoms with Crippen LogP contribution in [0.5, 0.6) is 0 Å². The number of hydrogen-bond acceptors (Lipinski definition) is 5. The molecule has 1 aliphatic rings. The zero-order chi connectivity index (χ0) is 16.3.